The summed E-state index contributed by atoms with van der Waals surface area (Å²) in [6, 6.07) is 0.0555. The van der Waals surface area contributed by atoms with Crippen molar-refractivity contribution in [2.45, 2.75) is 26.2 Å². The fourth-order valence-corrected chi connectivity index (χ4v) is 2.28. The number of aromatic nitrogens is 2. The Morgan fingerprint density at radius 2 is 2.05 bits per heavy atom. The van der Waals surface area contributed by atoms with Crippen molar-refractivity contribution in [1.29, 1.82) is 0 Å². The largest absolute Gasteiger partial charge is 0.352 e. The van der Waals surface area contributed by atoms with Crippen LogP contribution in [0.15, 0.2) is 18.6 Å². The third-order valence-electron chi connectivity index (χ3n) is 3.50. The van der Waals surface area contributed by atoms with Crippen LogP contribution < -0.4 is 10.2 Å². The van der Waals surface area contributed by atoms with Crippen molar-refractivity contribution in [3.05, 3.63) is 18.6 Å². The molecule has 1 aliphatic rings. The molecule has 1 fully saturated rings. The maximum absolute atomic E-state index is 12.0. The van der Waals surface area contributed by atoms with Crippen LogP contribution in [0.2, 0.25) is 0 Å². The van der Waals surface area contributed by atoms with E-state index in [1.807, 2.05) is 4.90 Å². The van der Waals surface area contributed by atoms with Crippen LogP contribution in [0.1, 0.15) is 26.2 Å². The van der Waals surface area contributed by atoms with Gasteiger partial charge in [0.25, 0.3) is 0 Å². The minimum atomic E-state index is 0.0555. The first kappa shape index (κ1) is 14.6. The number of hydrogen-bond donors (Lipinski definition) is 1. The molecule has 0 radical (unpaired) electrons. The Balaban J connectivity index is 1.72. The van der Waals surface area contributed by atoms with Crippen LogP contribution in [0, 0.1) is 0 Å². The molecule has 1 saturated heterocycles. The highest BCUT2D eigenvalue weighted by Gasteiger charge is 2.21. The summed E-state index contributed by atoms with van der Waals surface area (Å²) in [5.74, 6) is 0.885. The molecule has 0 bridgehead atoms. The number of hydrogen-bond acceptors (Lipinski definition) is 4. The topological polar surface area (TPSA) is 61.4 Å². The molecule has 1 aromatic rings. The lowest BCUT2D eigenvalue weighted by atomic mass is 10.2. The number of unbranched alkanes of at least 4 members (excludes halogenated alkanes) is 2. The highest BCUT2D eigenvalue weighted by Crippen LogP contribution is 2.11. The molecule has 0 aromatic carbocycles. The Morgan fingerprint density at radius 1 is 1.25 bits per heavy atom. The number of urea groups is 1. The molecule has 1 N–H and O–H groups in total. The molecule has 6 nitrogen and oxygen atoms in total. The molecular formula is C14H23N5O. The van der Waals surface area contributed by atoms with Crippen LogP contribution in [0.4, 0.5) is 10.6 Å². The molecule has 2 rings (SSSR count). The van der Waals surface area contributed by atoms with Crippen LogP contribution in [0.3, 0.4) is 0 Å². The van der Waals surface area contributed by atoms with Gasteiger partial charge in [0.1, 0.15) is 5.82 Å². The minimum Gasteiger partial charge on any atom is -0.352 e. The lowest BCUT2D eigenvalue weighted by Crippen LogP contribution is -2.52. The number of carbonyl (C=O) groups is 1. The average molecular weight is 277 g/mol. The molecular weight excluding hydrogens is 254 g/mol. The predicted octanol–water partition coefficient (Wildman–Crippen LogP) is 1.50. The summed E-state index contributed by atoms with van der Waals surface area (Å²) in [6.45, 7) is 6.01. The summed E-state index contributed by atoms with van der Waals surface area (Å²) in [7, 11) is 0. The average Bonchev–Trinajstić information content (AvgIpc) is 2.52. The Morgan fingerprint density at radius 3 is 2.70 bits per heavy atom. The molecule has 1 aromatic heterocycles. The SMILES string of the molecule is CCCCCNC(=O)N1CCN(c2cnccn2)CC1. The fraction of sp³-hybridized carbons (Fsp3) is 0.643. The van der Waals surface area contributed by atoms with Crippen molar-refractivity contribution in [3.8, 4) is 0 Å². The highest BCUT2D eigenvalue weighted by molar-refractivity contribution is 5.74. The van der Waals surface area contributed by atoms with Crippen molar-refractivity contribution in [2.24, 2.45) is 0 Å². The van der Waals surface area contributed by atoms with Crippen LogP contribution in [-0.4, -0.2) is 53.6 Å². The van der Waals surface area contributed by atoms with Gasteiger partial charge in [-0.3, -0.25) is 4.98 Å². The monoisotopic (exact) mass is 277 g/mol. The number of carbonyl (C=O) groups excluding carboxylic acids is 1. The number of nitrogens with one attached hydrogen (secondary N) is 1. The van der Waals surface area contributed by atoms with E-state index in [4.69, 9.17) is 0 Å². The number of rotatable bonds is 5. The summed E-state index contributed by atoms with van der Waals surface area (Å²) >= 11 is 0. The van der Waals surface area contributed by atoms with Crippen molar-refractivity contribution in [3.63, 3.8) is 0 Å². The quantitative estimate of drug-likeness (QED) is 0.829. The van der Waals surface area contributed by atoms with Crippen molar-refractivity contribution in [2.75, 3.05) is 37.6 Å². The third-order valence-corrected chi connectivity index (χ3v) is 3.50. The smallest absolute Gasteiger partial charge is 0.317 e. The number of piperazine rings is 1. The van der Waals surface area contributed by atoms with Crippen LogP contribution in [0.5, 0.6) is 0 Å². The van der Waals surface area contributed by atoms with E-state index in [2.05, 4.69) is 27.1 Å². The second kappa shape index (κ2) is 7.67. The zero-order chi connectivity index (χ0) is 14.2. The van der Waals surface area contributed by atoms with E-state index in [1.54, 1.807) is 18.6 Å². The van der Waals surface area contributed by atoms with E-state index in [0.717, 1.165) is 45.0 Å². The number of amides is 2. The summed E-state index contributed by atoms with van der Waals surface area (Å²) in [5, 5.41) is 2.98. The van der Waals surface area contributed by atoms with Crippen molar-refractivity contribution in [1.82, 2.24) is 20.2 Å². The first-order valence-corrected chi connectivity index (χ1v) is 7.35. The molecule has 0 spiro atoms. The van der Waals surface area contributed by atoms with Gasteiger partial charge in [-0.05, 0) is 6.42 Å². The van der Waals surface area contributed by atoms with Crippen molar-refractivity contribution < 1.29 is 4.79 Å². The van der Waals surface area contributed by atoms with E-state index in [-0.39, 0.29) is 6.03 Å². The van der Waals surface area contributed by atoms with Gasteiger partial charge >= 0.3 is 6.03 Å². The van der Waals surface area contributed by atoms with E-state index in [9.17, 15) is 4.79 Å². The van der Waals surface area contributed by atoms with Gasteiger partial charge in [0.15, 0.2) is 0 Å². The standard InChI is InChI=1S/C14H23N5O/c1-2-3-4-5-17-14(20)19-10-8-18(9-11-19)13-12-15-6-7-16-13/h6-7,12H,2-5,8-11H2,1H3,(H,17,20). The number of anilines is 1. The molecule has 2 amide bonds. The molecule has 0 atom stereocenters. The normalized spacial score (nSPS) is 15.2. The van der Waals surface area contributed by atoms with Gasteiger partial charge in [0.05, 0.1) is 6.20 Å². The van der Waals surface area contributed by atoms with Crippen molar-refractivity contribution >= 4 is 11.8 Å². The Labute approximate surface area is 120 Å². The minimum absolute atomic E-state index is 0.0555. The fourth-order valence-electron chi connectivity index (χ4n) is 2.28. The van der Waals surface area contributed by atoms with Gasteiger partial charge in [0, 0.05) is 45.1 Å². The van der Waals surface area contributed by atoms with E-state index < -0.39 is 0 Å². The summed E-state index contributed by atoms with van der Waals surface area (Å²) in [5.41, 5.74) is 0. The zero-order valence-electron chi connectivity index (χ0n) is 12.1. The van der Waals surface area contributed by atoms with Gasteiger partial charge in [-0.2, -0.15) is 0 Å². The van der Waals surface area contributed by atoms with E-state index >= 15 is 0 Å². The molecule has 0 saturated carbocycles. The summed E-state index contributed by atoms with van der Waals surface area (Å²) in [4.78, 5) is 24.4. The molecule has 0 aliphatic carbocycles. The molecule has 20 heavy (non-hydrogen) atoms. The van der Waals surface area contributed by atoms with Gasteiger partial charge < -0.3 is 15.1 Å². The molecule has 2 heterocycles. The molecule has 6 heteroatoms. The Kier molecular flexibility index (Phi) is 5.58. The third kappa shape index (κ3) is 4.08. The second-order valence-corrected chi connectivity index (χ2v) is 4.98. The first-order valence-electron chi connectivity index (χ1n) is 7.35. The van der Waals surface area contributed by atoms with Gasteiger partial charge in [-0.1, -0.05) is 19.8 Å². The Hall–Kier alpha value is -1.85. The highest BCUT2D eigenvalue weighted by atomic mass is 16.2. The van der Waals surface area contributed by atoms with Crippen LogP contribution >= 0.6 is 0 Å². The lowest BCUT2D eigenvalue weighted by Gasteiger charge is -2.35. The van der Waals surface area contributed by atoms with E-state index in [1.165, 1.54) is 12.8 Å². The number of nitrogens with zero attached hydrogens (tertiary/aromatic N) is 4. The second-order valence-electron chi connectivity index (χ2n) is 4.98. The van der Waals surface area contributed by atoms with Crippen LogP contribution in [-0.2, 0) is 0 Å². The van der Waals surface area contributed by atoms with Gasteiger partial charge in [-0.15, -0.1) is 0 Å². The molecule has 0 unspecified atom stereocenters. The van der Waals surface area contributed by atoms with Gasteiger partial charge in [0.2, 0.25) is 0 Å². The molecule has 110 valence electrons. The zero-order valence-corrected chi connectivity index (χ0v) is 12.1. The Bertz CT molecular complexity index is 403. The van der Waals surface area contributed by atoms with E-state index in [0.29, 0.717) is 0 Å². The summed E-state index contributed by atoms with van der Waals surface area (Å²) in [6.07, 6.45) is 8.53. The maximum Gasteiger partial charge on any atom is 0.317 e. The predicted molar refractivity (Wildman–Crippen MR) is 78.7 cm³/mol. The van der Waals surface area contributed by atoms with Gasteiger partial charge in [-0.25, -0.2) is 9.78 Å². The lowest BCUT2D eigenvalue weighted by molar-refractivity contribution is 0.194. The first-order chi connectivity index (χ1) is 9.81. The van der Waals surface area contributed by atoms with Crippen LogP contribution in [0.25, 0.3) is 0 Å². The summed E-state index contributed by atoms with van der Waals surface area (Å²) < 4.78 is 0. The maximum atomic E-state index is 12.0. The molecule has 1 aliphatic heterocycles.